The first kappa shape index (κ1) is 72.2. The van der Waals surface area contributed by atoms with Gasteiger partial charge >= 0.3 is 5.97 Å². The zero-order valence-corrected chi connectivity index (χ0v) is 50.4. The number of hydrogen-bond donors (Lipinski definition) is 1. The fraction of sp³-hybridized carbons (Fsp3) is 0.754. The molecule has 3 atom stereocenters. The molecule has 0 aliphatic rings. The molecule has 0 spiro atoms. The van der Waals surface area contributed by atoms with Crippen molar-refractivity contribution in [1.82, 2.24) is 5.32 Å². The molecule has 0 aromatic rings. The summed E-state index contributed by atoms with van der Waals surface area (Å²) < 4.78 is 30.3. The van der Waals surface area contributed by atoms with Crippen LogP contribution in [0.3, 0.4) is 0 Å². The predicted molar refractivity (Wildman–Crippen MR) is 321 cm³/mol. The first-order valence-electron chi connectivity index (χ1n) is 30.9. The summed E-state index contributed by atoms with van der Waals surface area (Å²) in [4.78, 5) is 40.0. The van der Waals surface area contributed by atoms with E-state index in [1.54, 1.807) is 0 Å². The first-order valence-corrected chi connectivity index (χ1v) is 32.4. The summed E-state index contributed by atoms with van der Waals surface area (Å²) in [6.45, 7) is 6.70. The summed E-state index contributed by atoms with van der Waals surface area (Å²) in [6, 6.07) is -0.904. The molecular weight excluding hydrogens is 952 g/mol. The third-order valence-electron chi connectivity index (χ3n) is 13.3. The van der Waals surface area contributed by atoms with E-state index >= 15 is 0 Å². The fourth-order valence-corrected chi connectivity index (χ4v) is 9.27. The molecule has 0 rings (SSSR count). The third-order valence-corrected chi connectivity index (χ3v) is 14.3. The summed E-state index contributed by atoms with van der Waals surface area (Å²) in [5.74, 6) is -0.568. The van der Waals surface area contributed by atoms with Crippen LogP contribution in [-0.4, -0.2) is 69.4 Å². The van der Waals surface area contributed by atoms with Crippen molar-refractivity contribution in [3.8, 4) is 0 Å². The van der Waals surface area contributed by atoms with Gasteiger partial charge in [0.1, 0.15) is 19.3 Å². The zero-order chi connectivity index (χ0) is 55.0. The Morgan fingerprint density at radius 1 is 0.480 bits per heavy atom. The Kier molecular flexibility index (Phi) is 52.5. The van der Waals surface area contributed by atoms with E-state index in [-0.39, 0.29) is 24.9 Å². The van der Waals surface area contributed by atoms with Crippen LogP contribution in [0.2, 0.25) is 0 Å². The second-order valence-electron chi connectivity index (χ2n) is 21.8. The van der Waals surface area contributed by atoms with Gasteiger partial charge in [-0.1, -0.05) is 235 Å². The van der Waals surface area contributed by atoms with Gasteiger partial charge in [-0.3, -0.25) is 14.2 Å². The van der Waals surface area contributed by atoms with Gasteiger partial charge in [0.15, 0.2) is 0 Å². The van der Waals surface area contributed by atoms with E-state index in [4.69, 9.17) is 13.8 Å². The number of hydrogen-bond acceptors (Lipinski definition) is 7. The molecule has 0 radical (unpaired) electrons. The first-order chi connectivity index (χ1) is 36.4. The molecule has 9 nitrogen and oxygen atoms in total. The number of allylic oxidation sites excluding steroid dienone is 13. The molecule has 0 saturated carbocycles. The molecular formula is C65H117N2O7P. The van der Waals surface area contributed by atoms with Crippen LogP contribution < -0.4 is 10.2 Å². The number of phosphoric ester groups is 1. The Morgan fingerprint density at radius 3 is 1.31 bits per heavy atom. The number of rotatable bonds is 55. The topological polar surface area (TPSA) is 114 Å². The van der Waals surface area contributed by atoms with Crippen LogP contribution in [0.1, 0.15) is 265 Å². The lowest BCUT2D eigenvalue weighted by atomic mass is 10.0. The van der Waals surface area contributed by atoms with Crippen molar-refractivity contribution < 1.29 is 37.3 Å². The summed E-state index contributed by atoms with van der Waals surface area (Å²) >= 11 is 0. The quantitative estimate of drug-likeness (QED) is 0.0212. The van der Waals surface area contributed by atoms with Gasteiger partial charge in [-0.2, -0.15) is 0 Å². The van der Waals surface area contributed by atoms with Crippen molar-refractivity contribution in [2.75, 3.05) is 40.9 Å². The Balaban J connectivity index is 5.33. The molecule has 10 heteroatoms. The van der Waals surface area contributed by atoms with Gasteiger partial charge in [-0.25, -0.2) is 0 Å². The van der Waals surface area contributed by atoms with E-state index in [2.05, 4.69) is 99.0 Å². The zero-order valence-electron chi connectivity index (χ0n) is 49.5. The predicted octanol–water partition coefficient (Wildman–Crippen LogP) is 18.4. The minimum atomic E-state index is -4.71. The molecule has 0 fully saturated rings. The van der Waals surface area contributed by atoms with Gasteiger partial charge in [-0.15, -0.1) is 0 Å². The van der Waals surface area contributed by atoms with E-state index in [1.807, 2.05) is 33.3 Å². The summed E-state index contributed by atoms with van der Waals surface area (Å²) in [5.41, 5.74) is 0. The lowest BCUT2D eigenvalue weighted by molar-refractivity contribution is -0.870. The van der Waals surface area contributed by atoms with Crippen LogP contribution in [0.5, 0.6) is 0 Å². The largest absolute Gasteiger partial charge is 0.756 e. The molecule has 1 amide bonds. The van der Waals surface area contributed by atoms with Crippen molar-refractivity contribution in [3.63, 3.8) is 0 Å². The number of esters is 1. The average molecular weight is 1070 g/mol. The summed E-state index contributed by atoms with van der Waals surface area (Å²) in [5, 5.41) is 3.02. The van der Waals surface area contributed by atoms with Gasteiger partial charge < -0.3 is 28.5 Å². The number of nitrogens with zero attached hydrogens (tertiary/aromatic N) is 1. The molecule has 0 bridgehead atoms. The highest BCUT2D eigenvalue weighted by atomic mass is 31.2. The molecule has 0 aromatic carbocycles. The van der Waals surface area contributed by atoms with Gasteiger partial charge in [0.05, 0.1) is 33.8 Å². The van der Waals surface area contributed by atoms with Gasteiger partial charge in [0.2, 0.25) is 5.91 Å². The van der Waals surface area contributed by atoms with Crippen LogP contribution in [-0.2, 0) is 27.9 Å². The van der Waals surface area contributed by atoms with E-state index in [0.717, 1.165) is 116 Å². The maximum Gasteiger partial charge on any atom is 0.306 e. The number of carbonyl (C=O) groups excluding carboxylic acids is 2. The second kappa shape index (κ2) is 54.5. The summed E-state index contributed by atoms with van der Waals surface area (Å²) in [7, 11) is 1.16. The number of likely N-dealkylation sites (N-methyl/N-ethyl adjacent to an activating group) is 1. The van der Waals surface area contributed by atoms with Gasteiger partial charge in [0.25, 0.3) is 7.82 Å². The molecule has 75 heavy (non-hydrogen) atoms. The highest BCUT2D eigenvalue weighted by Crippen LogP contribution is 2.38. The lowest BCUT2D eigenvalue weighted by Gasteiger charge is -2.30. The Labute approximate surface area is 463 Å². The molecule has 434 valence electrons. The van der Waals surface area contributed by atoms with Crippen LogP contribution in [0.15, 0.2) is 85.1 Å². The Morgan fingerprint density at radius 2 is 0.853 bits per heavy atom. The number of ether oxygens (including phenoxy) is 1. The van der Waals surface area contributed by atoms with E-state index in [1.165, 1.54) is 109 Å². The minimum absolute atomic E-state index is 0.0303. The van der Waals surface area contributed by atoms with E-state index in [9.17, 15) is 19.0 Å². The van der Waals surface area contributed by atoms with Gasteiger partial charge in [0, 0.05) is 12.8 Å². The Bertz CT molecular complexity index is 1560. The summed E-state index contributed by atoms with van der Waals surface area (Å²) in [6.07, 6.45) is 71.1. The molecule has 0 aromatic heterocycles. The highest BCUT2D eigenvalue weighted by Gasteiger charge is 2.27. The molecule has 0 saturated heterocycles. The van der Waals surface area contributed by atoms with Crippen LogP contribution in [0, 0.1) is 0 Å². The number of amides is 1. The highest BCUT2D eigenvalue weighted by molar-refractivity contribution is 7.45. The molecule has 0 aliphatic carbocycles. The van der Waals surface area contributed by atoms with Crippen molar-refractivity contribution in [3.05, 3.63) is 85.1 Å². The number of carbonyl (C=O) groups is 2. The molecule has 0 aliphatic heterocycles. The van der Waals surface area contributed by atoms with E-state index in [0.29, 0.717) is 23.9 Å². The van der Waals surface area contributed by atoms with Gasteiger partial charge in [-0.05, 0) is 102 Å². The smallest absolute Gasteiger partial charge is 0.306 e. The van der Waals surface area contributed by atoms with Crippen LogP contribution in [0.25, 0.3) is 0 Å². The molecule has 0 heterocycles. The lowest BCUT2D eigenvalue weighted by Crippen LogP contribution is -2.47. The molecule has 3 unspecified atom stereocenters. The SMILES string of the molecule is CC/C=C\C/C=C\C/C=C\C/C=C\C/C=C\CCCCCCCC(=O)NC(COP(=O)([O-])OCC[N+](C)(C)C)C(/C=C\CCCCCCCCCCCCC)OC(=O)CCCCCCCCC/C=C\CCCCCC. The monoisotopic (exact) mass is 1070 g/mol. The van der Waals surface area contributed by atoms with Crippen molar-refractivity contribution >= 4 is 19.7 Å². The normalized spacial score (nSPS) is 14.3. The Hall–Kier alpha value is -2.81. The van der Waals surface area contributed by atoms with E-state index < -0.39 is 26.6 Å². The standard InChI is InChI=1S/C65H117N2O7P/c1-7-10-13-16-19-22-25-28-30-31-32-33-34-35-37-39-42-45-48-51-54-57-64(68)66-62(61-73-75(70,71)72-60-59-67(4,5)6)63(56-53-50-47-44-41-38-27-24-21-18-15-12-9-3)74-65(69)58-55-52-49-46-43-40-36-29-26-23-20-17-14-11-8-2/h10,13,19,22-23,26,28,30,32-33,35,37,53,56,62-63H,7-9,11-12,14-18,20-21,24-25,27,29,31,34,36,38-52,54-55,57-61H2,1-6H3,(H-,66,68,70,71)/b13-10-,22-19-,26-23-,30-28-,33-32-,37-35-,56-53-. The van der Waals surface area contributed by atoms with Crippen molar-refractivity contribution in [1.29, 1.82) is 0 Å². The third kappa shape index (κ3) is 55.7. The second-order valence-corrected chi connectivity index (χ2v) is 23.2. The number of phosphoric acid groups is 1. The number of quaternary nitrogens is 1. The maximum absolute atomic E-state index is 13.5. The fourth-order valence-electron chi connectivity index (χ4n) is 8.54. The van der Waals surface area contributed by atoms with Crippen molar-refractivity contribution in [2.24, 2.45) is 0 Å². The minimum Gasteiger partial charge on any atom is -0.756 e. The van der Waals surface area contributed by atoms with Crippen molar-refractivity contribution in [2.45, 2.75) is 277 Å². The maximum atomic E-state index is 13.5. The molecule has 1 N–H and O–H groups in total. The van der Waals surface area contributed by atoms with Crippen LogP contribution in [0.4, 0.5) is 0 Å². The number of unbranched alkanes of at least 4 members (excludes halogenated alkanes) is 27. The average Bonchev–Trinajstić information content (AvgIpc) is 3.37. The van der Waals surface area contributed by atoms with Crippen LogP contribution >= 0.6 is 7.82 Å². The number of nitrogens with one attached hydrogen (secondary N) is 1.